The summed E-state index contributed by atoms with van der Waals surface area (Å²) in [5.41, 5.74) is 2.03. The summed E-state index contributed by atoms with van der Waals surface area (Å²) in [7, 11) is 0. The van der Waals surface area contributed by atoms with Crippen LogP contribution in [0.5, 0.6) is 0 Å². The Hall–Kier alpha value is -1.18. The van der Waals surface area contributed by atoms with Crippen molar-refractivity contribution in [1.82, 2.24) is 0 Å². The molecule has 1 atom stereocenters. The van der Waals surface area contributed by atoms with Crippen LogP contribution in [0.15, 0.2) is 48.5 Å². The highest BCUT2D eigenvalue weighted by atomic mass is 35.5. The highest BCUT2D eigenvalue weighted by Gasteiger charge is 2.17. The minimum atomic E-state index is 0.179. The lowest BCUT2D eigenvalue weighted by Crippen LogP contribution is -2.17. The second-order valence-corrected chi connectivity index (χ2v) is 5.69. The van der Waals surface area contributed by atoms with Gasteiger partial charge >= 0.3 is 0 Å². The monoisotopic (exact) mass is 293 g/mol. The molecular weight excluding hydrogens is 277 g/mol. The number of benzene rings is 2. The molecule has 3 heteroatoms. The maximum absolute atomic E-state index is 6.22. The highest BCUT2D eigenvalue weighted by Crippen LogP contribution is 2.35. The maximum atomic E-state index is 6.22. The first-order chi connectivity index (χ1) is 9.09. The third-order valence-electron chi connectivity index (χ3n) is 3.09. The van der Waals surface area contributed by atoms with Gasteiger partial charge in [-0.1, -0.05) is 73.4 Å². The van der Waals surface area contributed by atoms with Crippen LogP contribution in [-0.4, -0.2) is 0 Å². The molecule has 1 unspecified atom stereocenters. The highest BCUT2D eigenvalue weighted by molar-refractivity contribution is 6.39. The van der Waals surface area contributed by atoms with E-state index in [1.165, 1.54) is 5.56 Å². The van der Waals surface area contributed by atoms with Crippen molar-refractivity contribution in [2.75, 3.05) is 5.32 Å². The van der Waals surface area contributed by atoms with E-state index in [0.29, 0.717) is 16.0 Å². The normalized spacial score (nSPS) is 12.5. The molecule has 0 spiro atoms. The third kappa shape index (κ3) is 3.43. The molecule has 0 bridgehead atoms. The van der Waals surface area contributed by atoms with E-state index in [2.05, 4.69) is 31.3 Å². The van der Waals surface area contributed by atoms with Gasteiger partial charge in [-0.3, -0.25) is 0 Å². The second kappa shape index (κ2) is 6.31. The van der Waals surface area contributed by atoms with Crippen LogP contribution >= 0.6 is 23.2 Å². The Balaban J connectivity index is 2.33. The molecule has 0 heterocycles. The van der Waals surface area contributed by atoms with Gasteiger partial charge in [-0.15, -0.1) is 0 Å². The Kier molecular flexibility index (Phi) is 4.73. The molecule has 0 saturated carbocycles. The van der Waals surface area contributed by atoms with Crippen molar-refractivity contribution >= 4 is 28.9 Å². The molecule has 0 radical (unpaired) electrons. The maximum Gasteiger partial charge on any atom is 0.0723 e. The molecule has 0 fully saturated rings. The average molecular weight is 294 g/mol. The van der Waals surface area contributed by atoms with Crippen LogP contribution in [0.1, 0.15) is 25.5 Å². The molecule has 2 aromatic rings. The molecule has 0 aliphatic rings. The molecule has 19 heavy (non-hydrogen) atoms. The summed E-state index contributed by atoms with van der Waals surface area (Å²) >= 11 is 12.4. The molecule has 2 aromatic carbocycles. The van der Waals surface area contributed by atoms with Gasteiger partial charge < -0.3 is 5.32 Å². The Morgan fingerprint density at radius 3 is 1.95 bits per heavy atom. The second-order valence-electron chi connectivity index (χ2n) is 4.87. The lowest BCUT2D eigenvalue weighted by molar-refractivity contribution is 0.546. The van der Waals surface area contributed by atoms with E-state index in [9.17, 15) is 0 Å². The number of hydrogen-bond acceptors (Lipinski definition) is 1. The van der Waals surface area contributed by atoms with E-state index in [-0.39, 0.29) is 6.04 Å². The average Bonchev–Trinajstić information content (AvgIpc) is 2.39. The van der Waals surface area contributed by atoms with Crippen LogP contribution < -0.4 is 5.32 Å². The quantitative estimate of drug-likeness (QED) is 0.751. The lowest BCUT2D eigenvalue weighted by atomic mass is 9.96. The standard InChI is InChI=1S/C16H17Cl2N/c1-11(2)15(12-7-4-3-5-8-12)19-16-13(17)9-6-10-14(16)18/h3-11,15,19H,1-2H3. The first-order valence-electron chi connectivity index (χ1n) is 6.35. The van der Waals surface area contributed by atoms with Crippen LogP contribution in [0.4, 0.5) is 5.69 Å². The molecule has 2 rings (SSSR count). The summed E-state index contributed by atoms with van der Waals surface area (Å²) in [5, 5.41) is 4.76. The summed E-state index contributed by atoms with van der Waals surface area (Å²) < 4.78 is 0. The molecule has 0 aromatic heterocycles. The van der Waals surface area contributed by atoms with E-state index >= 15 is 0 Å². The molecule has 1 nitrogen and oxygen atoms in total. The van der Waals surface area contributed by atoms with Crippen molar-refractivity contribution in [3.05, 3.63) is 64.1 Å². The van der Waals surface area contributed by atoms with Crippen molar-refractivity contribution in [2.45, 2.75) is 19.9 Å². The van der Waals surface area contributed by atoms with Gasteiger partial charge in [0.2, 0.25) is 0 Å². The van der Waals surface area contributed by atoms with Crippen molar-refractivity contribution < 1.29 is 0 Å². The van der Waals surface area contributed by atoms with E-state index in [0.717, 1.165) is 5.69 Å². The molecule has 0 aliphatic carbocycles. The topological polar surface area (TPSA) is 12.0 Å². The van der Waals surface area contributed by atoms with Crippen molar-refractivity contribution in [2.24, 2.45) is 5.92 Å². The van der Waals surface area contributed by atoms with Crippen molar-refractivity contribution in [3.63, 3.8) is 0 Å². The fourth-order valence-corrected chi connectivity index (χ4v) is 2.59. The zero-order chi connectivity index (χ0) is 13.8. The Bertz CT molecular complexity index is 517. The number of para-hydroxylation sites is 1. The van der Waals surface area contributed by atoms with Gasteiger partial charge in [0, 0.05) is 0 Å². The number of hydrogen-bond donors (Lipinski definition) is 1. The first-order valence-corrected chi connectivity index (χ1v) is 7.10. The Morgan fingerprint density at radius 1 is 0.842 bits per heavy atom. The van der Waals surface area contributed by atoms with Gasteiger partial charge in [-0.05, 0) is 23.6 Å². The third-order valence-corrected chi connectivity index (χ3v) is 3.72. The summed E-state index contributed by atoms with van der Waals surface area (Å²) in [6.45, 7) is 4.35. The first kappa shape index (κ1) is 14.2. The number of anilines is 1. The summed E-state index contributed by atoms with van der Waals surface area (Å²) in [6, 6.07) is 16.0. The summed E-state index contributed by atoms with van der Waals surface area (Å²) in [6.07, 6.45) is 0. The van der Waals surface area contributed by atoms with E-state index in [4.69, 9.17) is 23.2 Å². The predicted octanol–water partition coefficient (Wildman–Crippen LogP) is 5.80. The van der Waals surface area contributed by atoms with E-state index in [1.807, 2.05) is 36.4 Å². The number of halogens is 2. The van der Waals surface area contributed by atoms with Gasteiger partial charge in [0.15, 0.2) is 0 Å². The van der Waals surface area contributed by atoms with Gasteiger partial charge in [-0.2, -0.15) is 0 Å². The van der Waals surface area contributed by atoms with Gasteiger partial charge in [0.05, 0.1) is 21.8 Å². The number of nitrogens with one attached hydrogen (secondary N) is 1. The Morgan fingerprint density at radius 2 is 1.42 bits per heavy atom. The Labute approximate surface area is 124 Å². The van der Waals surface area contributed by atoms with Gasteiger partial charge in [0.1, 0.15) is 0 Å². The van der Waals surface area contributed by atoms with E-state index < -0.39 is 0 Å². The molecule has 1 N–H and O–H groups in total. The van der Waals surface area contributed by atoms with Crippen LogP contribution in [0.25, 0.3) is 0 Å². The molecule has 0 aliphatic heterocycles. The molecule has 0 amide bonds. The van der Waals surface area contributed by atoms with Gasteiger partial charge in [0.25, 0.3) is 0 Å². The molecule has 100 valence electrons. The van der Waals surface area contributed by atoms with Crippen LogP contribution in [0, 0.1) is 5.92 Å². The SMILES string of the molecule is CC(C)C(Nc1c(Cl)cccc1Cl)c1ccccc1. The lowest BCUT2D eigenvalue weighted by Gasteiger charge is -2.25. The fraction of sp³-hybridized carbons (Fsp3) is 0.250. The molecular formula is C16H17Cl2N. The molecule has 0 saturated heterocycles. The smallest absolute Gasteiger partial charge is 0.0723 e. The summed E-state index contributed by atoms with van der Waals surface area (Å²) in [5.74, 6) is 0.426. The summed E-state index contributed by atoms with van der Waals surface area (Å²) in [4.78, 5) is 0. The zero-order valence-corrected chi connectivity index (χ0v) is 12.5. The van der Waals surface area contributed by atoms with Crippen molar-refractivity contribution in [3.8, 4) is 0 Å². The zero-order valence-electron chi connectivity index (χ0n) is 11.0. The predicted molar refractivity (Wildman–Crippen MR) is 84.1 cm³/mol. The van der Waals surface area contributed by atoms with E-state index in [1.54, 1.807) is 0 Å². The largest absolute Gasteiger partial charge is 0.376 e. The fourth-order valence-electron chi connectivity index (χ4n) is 2.09. The van der Waals surface area contributed by atoms with Crippen LogP contribution in [0.3, 0.4) is 0 Å². The number of rotatable bonds is 4. The van der Waals surface area contributed by atoms with Crippen molar-refractivity contribution in [1.29, 1.82) is 0 Å². The minimum Gasteiger partial charge on any atom is -0.376 e. The van der Waals surface area contributed by atoms with Gasteiger partial charge in [-0.25, -0.2) is 0 Å². The minimum absolute atomic E-state index is 0.179. The van der Waals surface area contributed by atoms with Crippen LogP contribution in [0.2, 0.25) is 10.0 Å². The van der Waals surface area contributed by atoms with Crippen LogP contribution in [-0.2, 0) is 0 Å².